The van der Waals surface area contributed by atoms with E-state index in [4.69, 9.17) is 5.73 Å². The van der Waals surface area contributed by atoms with Gasteiger partial charge in [-0.25, -0.2) is 4.79 Å². The molecule has 4 N–H and O–H groups in total. The third-order valence-corrected chi connectivity index (χ3v) is 1.98. The van der Waals surface area contributed by atoms with Gasteiger partial charge in [-0.15, -0.1) is 0 Å². The first kappa shape index (κ1) is 11.5. The smallest absolute Gasteiger partial charge is 0.319 e. The highest BCUT2D eigenvalue weighted by atomic mass is 16.2. The van der Waals surface area contributed by atoms with Crippen LogP contribution in [0.25, 0.3) is 0 Å². The number of carbonyl (C=O) groups is 1. The van der Waals surface area contributed by atoms with E-state index in [0.717, 1.165) is 17.7 Å². The Morgan fingerprint density at radius 1 is 1.33 bits per heavy atom. The van der Waals surface area contributed by atoms with Crippen molar-refractivity contribution < 1.29 is 4.79 Å². The molecule has 0 fully saturated rings. The number of rotatable bonds is 4. The number of hydrogen-bond acceptors (Lipinski definition) is 2. The van der Waals surface area contributed by atoms with E-state index in [1.54, 1.807) is 0 Å². The molecule has 15 heavy (non-hydrogen) atoms. The summed E-state index contributed by atoms with van der Waals surface area (Å²) in [6.45, 7) is 3.21. The van der Waals surface area contributed by atoms with Crippen molar-refractivity contribution in [1.82, 2.24) is 5.32 Å². The fraction of sp³-hybridized carbons (Fsp3) is 0.364. The van der Waals surface area contributed by atoms with Gasteiger partial charge in [0.15, 0.2) is 0 Å². The normalized spacial score (nSPS) is 9.73. The lowest BCUT2D eigenvalue weighted by Gasteiger charge is -2.06. The third kappa shape index (κ3) is 3.99. The van der Waals surface area contributed by atoms with Crippen molar-refractivity contribution in [2.45, 2.75) is 19.9 Å². The van der Waals surface area contributed by atoms with E-state index >= 15 is 0 Å². The molecule has 0 saturated heterocycles. The molecule has 1 rings (SSSR count). The highest BCUT2D eigenvalue weighted by molar-refractivity contribution is 5.89. The van der Waals surface area contributed by atoms with Crippen LogP contribution < -0.4 is 16.4 Å². The lowest BCUT2D eigenvalue weighted by atomic mass is 10.2. The van der Waals surface area contributed by atoms with Gasteiger partial charge in [0.25, 0.3) is 0 Å². The second-order valence-corrected chi connectivity index (χ2v) is 3.28. The maximum absolute atomic E-state index is 11.3. The van der Waals surface area contributed by atoms with Crippen molar-refractivity contribution in [3.8, 4) is 0 Å². The average molecular weight is 207 g/mol. The first-order valence-corrected chi connectivity index (χ1v) is 5.10. The molecule has 0 aliphatic heterocycles. The van der Waals surface area contributed by atoms with Crippen LogP contribution in [0.15, 0.2) is 24.3 Å². The summed E-state index contributed by atoms with van der Waals surface area (Å²) in [4.78, 5) is 11.3. The van der Waals surface area contributed by atoms with E-state index in [-0.39, 0.29) is 6.03 Å². The standard InChI is InChI=1S/C11H17N3O/c1-2-7-13-11(15)14-10-5-3-9(8-12)4-6-10/h3-6H,2,7-8,12H2,1H3,(H2,13,14,15). The van der Waals surface area contributed by atoms with Crippen molar-refractivity contribution in [2.75, 3.05) is 11.9 Å². The first-order chi connectivity index (χ1) is 7.26. The zero-order valence-corrected chi connectivity index (χ0v) is 8.92. The molecule has 2 amide bonds. The van der Waals surface area contributed by atoms with Crippen LogP contribution in [-0.4, -0.2) is 12.6 Å². The SMILES string of the molecule is CCCNC(=O)Nc1ccc(CN)cc1. The first-order valence-electron chi connectivity index (χ1n) is 5.10. The van der Waals surface area contributed by atoms with Crippen LogP contribution in [0.2, 0.25) is 0 Å². The summed E-state index contributed by atoms with van der Waals surface area (Å²) in [6, 6.07) is 7.31. The van der Waals surface area contributed by atoms with E-state index in [0.29, 0.717) is 13.1 Å². The number of carbonyl (C=O) groups excluding carboxylic acids is 1. The second kappa shape index (κ2) is 6.03. The van der Waals surface area contributed by atoms with Gasteiger partial charge in [0, 0.05) is 18.8 Å². The van der Waals surface area contributed by atoms with Gasteiger partial charge in [-0.05, 0) is 24.1 Å². The van der Waals surface area contributed by atoms with Gasteiger partial charge in [0.05, 0.1) is 0 Å². The van der Waals surface area contributed by atoms with Gasteiger partial charge in [-0.3, -0.25) is 0 Å². The van der Waals surface area contributed by atoms with Gasteiger partial charge in [0.1, 0.15) is 0 Å². The van der Waals surface area contributed by atoms with Crippen molar-refractivity contribution in [1.29, 1.82) is 0 Å². The summed E-state index contributed by atoms with van der Waals surface area (Å²) in [5.41, 5.74) is 7.30. The zero-order chi connectivity index (χ0) is 11.1. The number of anilines is 1. The number of urea groups is 1. The largest absolute Gasteiger partial charge is 0.338 e. The molecule has 4 nitrogen and oxygen atoms in total. The maximum Gasteiger partial charge on any atom is 0.319 e. The Morgan fingerprint density at radius 3 is 2.53 bits per heavy atom. The molecule has 1 aromatic rings. The van der Waals surface area contributed by atoms with Crippen LogP contribution in [0.3, 0.4) is 0 Å². The molecular formula is C11H17N3O. The summed E-state index contributed by atoms with van der Waals surface area (Å²) >= 11 is 0. The predicted octanol–water partition coefficient (Wildman–Crippen LogP) is 1.68. The molecule has 0 atom stereocenters. The number of amides is 2. The van der Waals surface area contributed by atoms with Crippen LogP contribution in [-0.2, 0) is 6.54 Å². The Balaban J connectivity index is 2.46. The van der Waals surface area contributed by atoms with Gasteiger partial charge in [0.2, 0.25) is 0 Å². The Bertz CT molecular complexity index is 308. The molecule has 82 valence electrons. The summed E-state index contributed by atoms with van der Waals surface area (Å²) in [5.74, 6) is 0. The zero-order valence-electron chi connectivity index (χ0n) is 8.92. The number of benzene rings is 1. The lowest BCUT2D eigenvalue weighted by molar-refractivity contribution is 0.252. The molecule has 0 spiro atoms. The average Bonchev–Trinajstić information content (AvgIpc) is 2.27. The summed E-state index contributed by atoms with van der Waals surface area (Å²) < 4.78 is 0. The van der Waals surface area contributed by atoms with Crippen LogP contribution in [0.4, 0.5) is 10.5 Å². The maximum atomic E-state index is 11.3. The van der Waals surface area contributed by atoms with Gasteiger partial charge < -0.3 is 16.4 Å². The van der Waals surface area contributed by atoms with Crippen molar-refractivity contribution in [3.63, 3.8) is 0 Å². The molecule has 0 radical (unpaired) electrons. The summed E-state index contributed by atoms with van der Waals surface area (Å²) in [7, 11) is 0. The van der Waals surface area contributed by atoms with Crippen LogP contribution in [0.1, 0.15) is 18.9 Å². The van der Waals surface area contributed by atoms with Crippen molar-refractivity contribution in [2.24, 2.45) is 5.73 Å². The topological polar surface area (TPSA) is 67.2 Å². The third-order valence-electron chi connectivity index (χ3n) is 1.98. The van der Waals surface area contributed by atoms with Gasteiger partial charge >= 0.3 is 6.03 Å². The molecule has 0 bridgehead atoms. The van der Waals surface area contributed by atoms with Crippen LogP contribution in [0.5, 0.6) is 0 Å². The lowest BCUT2D eigenvalue weighted by Crippen LogP contribution is -2.29. The van der Waals surface area contributed by atoms with E-state index in [1.807, 2.05) is 31.2 Å². The second-order valence-electron chi connectivity index (χ2n) is 3.28. The molecule has 0 aliphatic rings. The molecule has 4 heteroatoms. The predicted molar refractivity (Wildman–Crippen MR) is 61.6 cm³/mol. The Morgan fingerprint density at radius 2 is 2.00 bits per heavy atom. The van der Waals surface area contributed by atoms with E-state index < -0.39 is 0 Å². The van der Waals surface area contributed by atoms with E-state index in [2.05, 4.69) is 10.6 Å². The molecule has 1 aromatic carbocycles. The quantitative estimate of drug-likeness (QED) is 0.703. The summed E-state index contributed by atoms with van der Waals surface area (Å²) in [5, 5.41) is 5.47. The van der Waals surface area contributed by atoms with Crippen LogP contribution >= 0.6 is 0 Å². The highest BCUT2D eigenvalue weighted by Crippen LogP contribution is 2.08. The number of nitrogens with one attached hydrogen (secondary N) is 2. The Hall–Kier alpha value is -1.55. The van der Waals surface area contributed by atoms with Gasteiger partial charge in [-0.1, -0.05) is 19.1 Å². The molecule has 0 unspecified atom stereocenters. The fourth-order valence-corrected chi connectivity index (χ4v) is 1.14. The minimum absolute atomic E-state index is 0.169. The van der Waals surface area contributed by atoms with Gasteiger partial charge in [-0.2, -0.15) is 0 Å². The molecule has 0 heterocycles. The number of hydrogen-bond donors (Lipinski definition) is 3. The van der Waals surface area contributed by atoms with E-state index in [9.17, 15) is 4.79 Å². The molecule has 0 aromatic heterocycles. The van der Waals surface area contributed by atoms with Crippen molar-refractivity contribution >= 4 is 11.7 Å². The minimum atomic E-state index is -0.169. The Labute approximate surface area is 89.9 Å². The highest BCUT2D eigenvalue weighted by Gasteiger charge is 1.99. The Kier molecular flexibility index (Phi) is 4.63. The van der Waals surface area contributed by atoms with E-state index in [1.165, 1.54) is 0 Å². The monoisotopic (exact) mass is 207 g/mol. The minimum Gasteiger partial charge on any atom is -0.338 e. The molecule has 0 saturated carbocycles. The molecular weight excluding hydrogens is 190 g/mol. The number of nitrogens with two attached hydrogens (primary N) is 1. The summed E-state index contributed by atoms with van der Waals surface area (Å²) in [6.07, 6.45) is 0.930. The fourth-order valence-electron chi connectivity index (χ4n) is 1.14. The van der Waals surface area contributed by atoms with Crippen molar-refractivity contribution in [3.05, 3.63) is 29.8 Å². The van der Waals surface area contributed by atoms with Crippen LogP contribution in [0, 0.1) is 0 Å². The molecule has 0 aliphatic carbocycles.